The summed E-state index contributed by atoms with van der Waals surface area (Å²) in [6, 6.07) is 1.41. The molecule has 0 fully saturated rings. The molecule has 28 heavy (non-hydrogen) atoms. The first kappa shape index (κ1) is 21.9. The number of nitrogens with zero attached hydrogens (tertiary/aromatic N) is 2. The first-order valence-electron chi connectivity index (χ1n) is 8.84. The summed E-state index contributed by atoms with van der Waals surface area (Å²) in [5.41, 5.74) is 2.32. The second kappa shape index (κ2) is 11.4. The predicted molar refractivity (Wildman–Crippen MR) is 116 cm³/mol. The lowest BCUT2D eigenvalue weighted by molar-refractivity contribution is -0.114. The van der Waals surface area contributed by atoms with Crippen LogP contribution in [0.2, 0.25) is 0 Å². The summed E-state index contributed by atoms with van der Waals surface area (Å²) in [5, 5.41) is 0.673. The van der Waals surface area contributed by atoms with Crippen LogP contribution < -0.4 is 0 Å². The Hall–Kier alpha value is -2.41. The first-order valence-corrected chi connectivity index (χ1v) is 10.8. The van der Waals surface area contributed by atoms with Crippen molar-refractivity contribution in [2.45, 2.75) is 33.1 Å². The molecule has 0 aromatic carbocycles. The summed E-state index contributed by atoms with van der Waals surface area (Å²) in [5.74, 6) is 9.48. The smallest absolute Gasteiger partial charge is 0.156 e. The lowest BCUT2D eigenvalue weighted by atomic mass is 10.1. The van der Waals surface area contributed by atoms with Crippen molar-refractivity contribution >= 4 is 28.9 Å². The highest BCUT2D eigenvalue weighted by Crippen LogP contribution is 2.30. The minimum absolute atomic E-state index is 0.101. The molecule has 0 aliphatic rings. The van der Waals surface area contributed by atoms with E-state index < -0.39 is 5.82 Å². The second-order valence-electron chi connectivity index (χ2n) is 5.86. The van der Waals surface area contributed by atoms with Gasteiger partial charge in [0, 0.05) is 35.2 Å². The van der Waals surface area contributed by atoms with E-state index in [2.05, 4.69) is 27.7 Å². The van der Waals surface area contributed by atoms with Gasteiger partial charge in [0.25, 0.3) is 0 Å². The molecule has 0 unspecified atom stereocenters. The number of pyridine rings is 1. The molecule has 3 nitrogen and oxygen atoms in total. The lowest BCUT2D eigenvalue weighted by Crippen LogP contribution is -1.99. The molecule has 0 bridgehead atoms. The van der Waals surface area contributed by atoms with Crippen LogP contribution in [-0.4, -0.2) is 27.3 Å². The van der Waals surface area contributed by atoms with E-state index >= 15 is 0 Å². The Bertz CT molecular complexity index is 961. The molecule has 0 spiro atoms. The molecule has 0 saturated heterocycles. The van der Waals surface area contributed by atoms with Crippen LogP contribution in [0.25, 0.3) is 10.6 Å². The minimum Gasteiger partial charge on any atom is -0.295 e. The Morgan fingerprint density at radius 3 is 2.93 bits per heavy atom. The number of aromatic nitrogens is 2. The van der Waals surface area contributed by atoms with Crippen LogP contribution in [0.3, 0.4) is 0 Å². The number of carbonyl (C=O) groups is 1. The SMILES string of the molecule is C#CCSCCC(=O)/C=C(\CC)Cc1sc(-c2cncc(F)c2)nc1C#CC. The zero-order valence-corrected chi connectivity index (χ0v) is 17.6. The fourth-order valence-electron chi connectivity index (χ4n) is 2.43. The molecule has 2 rings (SSSR count). The molecule has 0 atom stereocenters. The van der Waals surface area contributed by atoms with Gasteiger partial charge in [0.15, 0.2) is 5.78 Å². The highest BCUT2D eigenvalue weighted by molar-refractivity contribution is 7.99. The van der Waals surface area contributed by atoms with Gasteiger partial charge in [-0.05, 0) is 31.4 Å². The molecule has 2 aromatic heterocycles. The van der Waals surface area contributed by atoms with Crippen molar-refractivity contribution in [1.29, 1.82) is 0 Å². The van der Waals surface area contributed by atoms with E-state index in [-0.39, 0.29) is 5.78 Å². The number of ketones is 1. The van der Waals surface area contributed by atoms with Gasteiger partial charge in [-0.25, -0.2) is 9.37 Å². The Labute approximate surface area is 173 Å². The summed E-state index contributed by atoms with van der Waals surface area (Å²) >= 11 is 3.04. The number of terminal acetylenes is 1. The van der Waals surface area contributed by atoms with Gasteiger partial charge in [-0.3, -0.25) is 9.78 Å². The van der Waals surface area contributed by atoms with Gasteiger partial charge >= 0.3 is 0 Å². The molecule has 0 amide bonds. The van der Waals surface area contributed by atoms with Crippen molar-refractivity contribution in [2.75, 3.05) is 11.5 Å². The number of hydrogen-bond donors (Lipinski definition) is 0. The molecule has 2 heterocycles. The van der Waals surface area contributed by atoms with Crippen molar-refractivity contribution in [3.8, 4) is 34.8 Å². The van der Waals surface area contributed by atoms with Crippen LogP contribution in [0.15, 0.2) is 30.1 Å². The second-order valence-corrected chi connectivity index (χ2v) is 8.05. The maximum atomic E-state index is 13.5. The molecule has 0 aliphatic carbocycles. The van der Waals surface area contributed by atoms with Crippen LogP contribution in [-0.2, 0) is 11.2 Å². The van der Waals surface area contributed by atoms with Gasteiger partial charge in [-0.1, -0.05) is 24.3 Å². The molecule has 2 aromatic rings. The van der Waals surface area contributed by atoms with E-state index in [9.17, 15) is 9.18 Å². The quantitative estimate of drug-likeness (QED) is 0.333. The largest absolute Gasteiger partial charge is 0.295 e. The van der Waals surface area contributed by atoms with Crippen molar-refractivity contribution in [3.63, 3.8) is 0 Å². The Morgan fingerprint density at radius 2 is 2.25 bits per heavy atom. The molecule has 6 heteroatoms. The standard InChI is InChI=1S/C22H21FN2OS2/c1-4-7-20-21(28-22(25-20)17-13-18(23)15-24-14-17)12-16(6-3)11-19(26)8-10-27-9-5-2/h2,11,13-15H,6,8-10,12H2,1,3H3/b16-11+. The van der Waals surface area contributed by atoms with Crippen LogP contribution in [0.1, 0.15) is 37.3 Å². The van der Waals surface area contributed by atoms with Crippen LogP contribution >= 0.6 is 23.1 Å². The third-order valence-electron chi connectivity index (χ3n) is 3.78. The van der Waals surface area contributed by atoms with Crippen molar-refractivity contribution < 1.29 is 9.18 Å². The van der Waals surface area contributed by atoms with Crippen LogP contribution in [0.4, 0.5) is 4.39 Å². The zero-order chi connectivity index (χ0) is 20.4. The number of allylic oxidation sites excluding steroid dienone is 2. The van der Waals surface area contributed by atoms with E-state index in [1.54, 1.807) is 31.0 Å². The van der Waals surface area contributed by atoms with E-state index in [0.717, 1.165) is 28.8 Å². The molecular formula is C22H21FN2OS2. The normalized spacial score (nSPS) is 10.9. The summed E-state index contributed by atoms with van der Waals surface area (Å²) in [6.07, 6.45) is 11.5. The topological polar surface area (TPSA) is 42.9 Å². The van der Waals surface area contributed by atoms with Gasteiger partial charge in [-0.2, -0.15) is 0 Å². The van der Waals surface area contributed by atoms with Crippen molar-refractivity contribution in [3.05, 3.63) is 46.5 Å². The molecule has 0 saturated carbocycles. The number of rotatable bonds is 9. The summed E-state index contributed by atoms with van der Waals surface area (Å²) in [7, 11) is 0. The van der Waals surface area contributed by atoms with Crippen molar-refractivity contribution in [1.82, 2.24) is 9.97 Å². The highest BCUT2D eigenvalue weighted by Gasteiger charge is 2.14. The van der Waals surface area contributed by atoms with E-state index in [1.165, 1.54) is 17.4 Å². The van der Waals surface area contributed by atoms with E-state index in [1.807, 2.05) is 6.92 Å². The van der Waals surface area contributed by atoms with Crippen molar-refractivity contribution in [2.24, 2.45) is 0 Å². The summed E-state index contributed by atoms with van der Waals surface area (Å²) < 4.78 is 13.5. The first-order chi connectivity index (χ1) is 13.6. The fraction of sp³-hybridized carbons (Fsp3) is 0.318. The van der Waals surface area contributed by atoms with Crippen LogP contribution in [0.5, 0.6) is 0 Å². The molecule has 0 aliphatic heterocycles. The molecular weight excluding hydrogens is 391 g/mol. The maximum absolute atomic E-state index is 13.5. The van der Waals surface area contributed by atoms with Gasteiger partial charge in [-0.15, -0.1) is 29.5 Å². The summed E-state index contributed by atoms with van der Waals surface area (Å²) in [6.45, 7) is 3.77. The third kappa shape index (κ3) is 6.64. The number of thioether (sulfide) groups is 1. The predicted octanol–water partition coefficient (Wildman–Crippen LogP) is 4.92. The third-order valence-corrected chi connectivity index (χ3v) is 5.75. The zero-order valence-electron chi connectivity index (χ0n) is 15.9. The average molecular weight is 413 g/mol. The van der Waals surface area contributed by atoms with Gasteiger partial charge in [0.1, 0.15) is 16.5 Å². The maximum Gasteiger partial charge on any atom is 0.156 e. The number of thiazole rings is 1. The van der Waals surface area contributed by atoms with E-state index in [4.69, 9.17) is 6.42 Å². The molecule has 144 valence electrons. The number of hydrogen-bond acceptors (Lipinski definition) is 5. The lowest BCUT2D eigenvalue weighted by Gasteiger charge is -2.03. The van der Waals surface area contributed by atoms with Gasteiger partial charge < -0.3 is 0 Å². The Kier molecular flexibility index (Phi) is 8.94. The summed E-state index contributed by atoms with van der Waals surface area (Å²) in [4.78, 5) is 21.6. The number of halogens is 1. The van der Waals surface area contributed by atoms with E-state index in [0.29, 0.717) is 34.9 Å². The fourth-order valence-corrected chi connectivity index (χ4v) is 4.09. The average Bonchev–Trinajstić information content (AvgIpc) is 3.07. The van der Waals surface area contributed by atoms with Gasteiger partial charge in [0.2, 0.25) is 0 Å². The number of carbonyl (C=O) groups excluding carboxylic acids is 1. The van der Waals surface area contributed by atoms with Gasteiger partial charge in [0.05, 0.1) is 11.9 Å². The monoisotopic (exact) mass is 412 g/mol. The molecule has 0 N–H and O–H groups in total. The highest BCUT2D eigenvalue weighted by atomic mass is 32.2. The Balaban J connectivity index is 2.20. The van der Waals surface area contributed by atoms with Crippen LogP contribution in [0, 0.1) is 30.0 Å². The minimum atomic E-state index is -0.403. The molecule has 0 radical (unpaired) electrons. The Morgan fingerprint density at radius 1 is 1.43 bits per heavy atom.